The number of sulfone groups is 1. The van der Waals surface area contributed by atoms with Gasteiger partial charge in [-0.05, 0) is 29.7 Å². The summed E-state index contributed by atoms with van der Waals surface area (Å²) in [5.41, 5.74) is 3.52. The van der Waals surface area contributed by atoms with Crippen molar-refractivity contribution in [1.82, 2.24) is 4.57 Å². The smallest absolute Gasteiger partial charge is 0.369 e. The molecule has 0 aliphatic heterocycles. The first-order valence-electron chi connectivity index (χ1n) is 7.76. The van der Waals surface area contributed by atoms with E-state index in [2.05, 4.69) is 0 Å². The molecule has 27 heavy (non-hydrogen) atoms. The van der Waals surface area contributed by atoms with Crippen LogP contribution < -0.4 is 11.3 Å². The molecule has 1 heterocycles. The molecule has 1 unspecified atom stereocenters. The Labute approximate surface area is 153 Å². The monoisotopic (exact) mass is 402 g/mol. The van der Waals surface area contributed by atoms with Crippen LogP contribution in [0.2, 0.25) is 0 Å². The summed E-state index contributed by atoms with van der Waals surface area (Å²) in [5.74, 6) is -1.03. The van der Waals surface area contributed by atoms with Crippen LogP contribution in [0.4, 0.5) is 13.2 Å². The van der Waals surface area contributed by atoms with Crippen molar-refractivity contribution in [3.8, 4) is 11.1 Å². The molecule has 1 atom stereocenters. The first kappa shape index (κ1) is 20.7. The topological polar surface area (TPSA) is 99.2 Å². The van der Waals surface area contributed by atoms with Crippen LogP contribution in [0.5, 0.6) is 0 Å². The fourth-order valence-electron chi connectivity index (χ4n) is 2.67. The molecule has 1 amide bonds. The molecule has 0 spiro atoms. The Morgan fingerprint density at radius 1 is 1.22 bits per heavy atom. The number of carbonyl (C=O) groups excluding carboxylic acids is 1. The predicted molar refractivity (Wildman–Crippen MR) is 93.6 cm³/mol. The van der Waals surface area contributed by atoms with Crippen molar-refractivity contribution in [3.05, 3.63) is 58.5 Å². The highest BCUT2D eigenvalue weighted by atomic mass is 32.2. The summed E-state index contributed by atoms with van der Waals surface area (Å²) in [6, 6.07) is 7.22. The van der Waals surface area contributed by atoms with Gasteiger partial charge < -0.3 is 10.3 Å². The first-order valence-corrected chi connectivity index (χ1v) is 9.72. The molecule has 0 radical (unpaired) electrons. The van der Waals surface area contributed by atoms with Gasteiger partial charge in [0, 0.05) is 25.1 Å². The Balaban J connectivity index is 2.33. The van der Waals surface area contributed by atoms with Gasteiger partial charge in [-0.2, -0.15) is 13.2 Å². The van der Waals surface area contributed by atoms with Crippen molar-refractivity contribution < 1.29 is 26.4 Å². The SMILES string of the molecule is CS(=O)(=O)C(CCn1ccc(-c2ccccc2C(F)(F)F)cc1=O)C(N)=O. The van der Waals surface area contributed by atoms with Gasteiger partial charge in [0.1, 0.15) is 5.25 Å². The highest BCUT2D eigenvalue weighted by molar-refractivity contribution is 7.92. The van der Waals surface area contributed by atoms with Gasteiger partial charge in [0.05, 0.1) is 5.56 Å². The molecule has 0 aliphatic carbocycles. The Morgan fingerprint density at radius 2 is 1.85 bits per heavy atom. The molecule has 1 aromatic carbocycles. The minimum Gasteiger partial charge on any atom is -0.369 e. The number of alkyl halides is 3. The van der Waals surface area contributed by atoms with Gasteiger partial charge in [0.25, 0.3) is 5.56 Å². The lowest BCUT2D eigenvalue weighted by Crippen LogP contribution is -2.36. The minimum atomic E-state index is -4.57. The number of nitrogens with zero attached hydrogens (tertiary/aromatic N) is 1. The van der Waals surface area contributed by atoms with Crippen LogP contribution in [0.15, 0.2) is 47.4 Å². The summed E-state index contributed by atoms with van der Waals surface area (Å²) in [7, 11) is -3.74. The van der Waals surface area contributed by atoms with Crippen molar-refractivity contribution in [2.75, 3.05) is 6.26 Å². The van der Waals surface area contributed by atoms with Gasteiger partial charge in [-0.15, -0.1) is 0 Å². The molecular weight excluding hydrogens is 385 g/mol. The average Bonchev–Trinajstić information content (AvgIpc) is 2.54. The van der Waals surface area contributed by atoms with E-state index in [0.29, 0.717) is 0 Å². The Morgan fingerprint density at radius 3 is 2.37 bits per heavy atom. The van der Waals surface area contributed by atoms with Crippen molar-refractivity contribution in [2.24, 2.45) is 5.73 Å². The molecule has 146 valence electrons. The fraction of sp³-hybridized carbons (Fsp3) is 0.294. The van der Waals surface area contributed by atoms with E-state index in [4.69, 9.17) is 5.73 Å². The third-order valence-electron chi connectivity index (χ3n) is 4.01. The number of benzene rings is 1. The number of amides is 1. The van der Waals surface area contributed by atoms with Crippen LogP contribution in [0.25, 0.3) is 11.1 Å². The summed E-state index contributed by atoms with van der Waals surface area (Å²) in [5, 5.41) is -1.45. The van der Waals surface area contributed by atoms with Crippen molar-refractivity contribution in [1.29, 1.82) is 0 Å². The standard InChI is InChI=1S/C17H17F3N2O4S/c1-27(25,26)14(16(21)24)7-9-22-8-6-11(10-15(22)23)12-4-2-3-5-13(12)17(18,19)20/h2-6,8,10,14H,7,9H2,1H3,(H2,21,24). The van der Waals surface area contributed by atoms with Crippen molar-refractivity contribution in [3.63, 3.8) is 0 Å². The molecule has 1 aromatic heterocycles. The lowest BCUT2D eigenvalue weighted by Gasteiger charge is -2.14. The van der Waals surface area contributed by atoms with E-state index in [1.807, 2.05) is 0 Å². The summed E-state index contributed by atoms with van der Waals surface area (Å²) < 4.78 is 63.6. The van der Waals surface area contributed by atoms with E-state index >= 15 is 0 Å². The molecule has 2 rings (SSSR count). The van der Waals surface area contributed by atoms with Crippen LogP contribution >= 0.6 is 0 Å². The van der Waals surface area contributed by atoms with Crippen LogP contribution in [-0.2, 0) is 27.4 Å². The van der Waals surface area contributed by atoms with Gasteiger partial charge in [0.15, 0.2) is 9.84 Å². The maximum atomic E-state index is 13.1. The molecule has 10 heteroatoms. The molecule has 0 saturated carbocycles. The molecule has 0 saturated heterocycles. The zero-order chi connectivity index (χ0) is 20.4. The summed E-state index contributed by atoms with van der Waals surface area (Å²) in [6.45, 7) is -0.124. The highest BCUT2D eigenvalue weighted by Crippen LogP contribution is 2.36. The molecular formula is C17H17F3N2O4S. The fourth-order valence-corrected chi connectivity index (χ4v) is 3.62. The summed E-state index contributed by atoms with van der Waals surface area (Å²) in [4.78, 5) is 23.5. The maximum absolute atomic E-state index is 13.1. The molecule has 0 aliphatic rings. The highest BCUT2D eigenvalue weighted by Gasteiger charge is 2.33. The summed E-state index contributed by atoms with van der Waals surface area (Å²) >= 11 is 0. The number of hydrogen-bond acceptors (Lipinski definition) is 4. The van der Waals surface area contributed by atoms with Gasteiger partial charge in [-0.3, -0.25) is 9.59 Å². The molecule has 0 fully saturated rings. The van der Waals surface area contributed by atoms with Gasteiger partial charge in [-0.25, -0.2) is 8.42 Å². The van der Waals surface area contributed by atoms with Crippen molar-refractivity contribution >= 4 is 15.7 Å². The maximum Gasteiger partial charge on any atom is 0.417 e. The number of pyridine rings is 1. The zero-order valence-corrected chi connectivity index (χ0v) is 15.0. The predicted octanol–water partition coefficient (Wildman–Crippen LogP) is 1.82. The third-order valence-corrected chi connectivity index (χ3v) is 5.51. The Hall–Kier alpha value is -2.62. The second-order valence-electron chi connectivity index (χ2n) is 6.00. The van der Waals surface area contributed by atoms with E-state index in [0.717, 1.165) is 23.0 Å². The number of rotatable bonds is 6. The summed E-state index contributed by atoms with van der Waals surface area (Å²) in [6.07, 6.45) is -2.67. The molecule has 2 N–H and O–H groups in total. The average molecular weight is 402 g/mol. The quantitative estimate of drug-likeness (QED) is 0.797. The largest absolute Gasteiger partial charge is 0.417 e. The van der Waals surface area contributed by atoms with E-state index in [1.54, 1.807) is 0 Å². The van der Waals surface area contributed by atoms with Gasteiger partial charge in [-0.1, -0.05) is 18.2 Å². The number of halogens is 3. The lowest BCUT2D eigenvalue weighted by atomic mass is 10.0. The van der Waals surface area contributed by atoms with Crippen LogP contribution in [-0.4, -0.2) is 30.4 Å². The van der Waals surface area contributed by atoms with Crippen molar-refractivity contribution in [2.45, 2.75) is 24.4 Å². The molecule has 6 nitrogen and oxygen atoms in total. The Bertz CT molecular complexity index is 1010. The number of hydrogen-bond donors (Lipinski definition) is 1. The minimum absolute atomic E-state index is 0.0822. The van der Waals surface area contributed by atoms with E-state index in [-0.39, 0.29) is 24.1 Å². The van der Waals surface area contributed by atoms with Gasteiger partial charge >= 0.3 is 6.18 Å². The van der Waals surface area contributed by atoms with E-state index in [9.17, 15) is 31.2 Å². The third kappa shape index (κ3) is 4.97. The second-order valence-corrected chi connectivity index (χ2v) is 8.23. The zero-order valence-electron chi connectivity index (χ0n) is 14.2. The van der Waals surface area contributed by atoms with E-state index < -0.39 is 38.3 Å². The number of primary amides is 1. The number of aromatic nitrogens is 1. The molecule has 0 bridgehead atoms. The first-order chi connectivity index (χ1) is 12.4. The van der Waals surface area contributed by atoms with Crippen LogP contribution in [0.1, 0.15) is 12.0 Å². The lowest BCUT2D eigenvalue weighted by molar-refractivity contribution is -0.137. The van der Waals surface area contributed by atoms with E-state index in [1.165, 1.54) is 30.5 Å². The number of nitrogens with two attached hydrogens (primary N) is 1. The number of aryl methyl sites for hydroxylation is 1. The number of carbonyl (C=O) groups is 1. The van der Waals surface area contributed by atoms with Crippen LogP contribution in [0, 0.1) is 0 Å². The second kappa shape index (κ2) is 7.55. The van der Waals surface area contributed by atoms with Gasteiger partial charge in [0.2, 0.25) is 5.91 Å². The molecule has 2 aromatic rings. The normalized spacial score (nSPS) is 13.3. The van der Waals surface area contributed by atoms with Crippen LogP contribution in [0.3, 0.4) is 0 Å². The Kier molecular flexibility index (Phi) is 5.79.